The number of carbonyl (C=O) groups is 1. The molecule has 0 aromatic carbocycles. The molecule has 1 heterocycles. The van der Waals surface area contributed by atoms with E-state index in [4.69, 9.17) is 13.7 Å². The van der Waals surface area contributed by atoms with Gasteiger partial charge in [0.05, 0.1) is 5.25 Å². The van der Waals surface area contributed by atoms with Crippen molar-refractivity contribution in [1.82, 2.24) is 0 Å². The van der Waals surface area contributed by atoms with E-state index in [-0.39, 0.29) is 11.8 Å². The number of aliphatic hydroxyl groups excluding tert-OH is 1. The number of aliphatic hydroxyl groups is 1. The molecule has 6 unspecified atom stereocenters. The minimum atomic E-state index is -3.51. The predicted molar refractivity (Wildman–Crippen MR) is 70.4 cm³/mol. The van der Waals surface area contributed by atoms with Gasteiger partial charge in [-0.15, -0.1) is 0 Å². The van der Waals surface area contributed by atoms with Crippen LogP contribution in [-0.4, -0.2) is 49.8 Å². The van der Waals surface area contributed by atoms with Crippen molar-refractivity contribution in [3.8, 4) is 0 Å². The van der Waals surface area contributed by atoms with Gasteiger partial charge < -0.3 is 14.6 Å². The average molecular weight is 318 g/mol. The van der Waals surface area contributed by atoms with Crippen molar-refractivity contribution >= 4 is 16.1 Å². The summed E-state index contributed by atoms with van der Waals surface area (Å²) in [5, 5.41) is 8.94. The summed E-state index contributed by atoms with van der Waals surface area (Å²) in [5.41, 5.74) is 0.385. The molecule has 2 bridgehead atoms. The van der Waals surface area contributed by atoms with Crippen LogP contribution in [0.1, 0.15) is 19.8 Å². The quantitative estimate of drug-likeness (QED) is 0.328. The lowest BCUT2D eigenvalue weighted by atomic mass is 9.94. The topological polar surface area (TPSA) is 99.1 Å². The maximum atomic E-state index is 11.8. The van der Waals surface area contributed by atoms with Crippen molar-refractivity contribution in [3.63, 3.8) is 0 Å². The van der Waals surface area contributed by atoms with E-state index in [0.29, 0.717) is 18.4 Å². The van der Waals surface area contributed by atoms with Gasteiger partial charge in [-0.05, 0) is 25.3 Å². The van der Waals surface area contributed by atoms with Gasteiger partial charge in [-0.1, -0.05) is 6.58 Å². The number of esters is 1. The van der Waals surface area contributed by atoms with Crippen molar-refractivity contribution in [2.24, 2.45) is 11.8 Å². The molecular formula is C13H18O7S. The molecule has 3 rings (SSSR count). The third-order valence-electron chi connectivity index (χ3n) is 4.46. The molecule has 0 aromatic rings. The highest BCUT2D eigenvalue weighted by molar-refractivity contribution is 7.87. The highest BCUT2D eigenvalue weighted by Crippen LogP contribution is 2.55. The number of hydrogen-bond acceptors (Lipinski definition) is 7. The summed E-state index contributed by atoms with van der Waals surface area (Å²) >= 11 is 0. The number of carbonyl (C=O) groups excluding carboxylic acids is 1. The van der Waals surface area contributed by atoms with Crippen LogP contribution in [0.25, 0.3) is 0 Å². The zero-order valence-electron chi connectivity index (χ0n) is 11.6. The molecule has 8 heteroatoms. The van der Waals surface area contributed by atoms with E-state index in [9.17, 15) is 18.3 Å². The first-order valence-electron chi connectivity index (χ1n) is 6.86. The van der Waals surface area contributed by atoms with Crippen LogP contribution in [0.2, 0.25) is 0 Å². The number of hydrogen-bond donors (Lipinski definition) is 1. The standard InChI is InChI=1S/C13H18O7S/c1-6(2)13(15)18-5-10(14)19-11-7-3-8-9(4-7)21(16,17)20-12(8)11/h7-9,11-13,15H,1,3-5H2,2H3. The number of ether oxygens (including phenoxy) is 2. The van der Waals surface area contributed by atoms with E-state index in [1.54, 1.807) is 6.92 Å². The molecule has 1 saturated heterocycles. The Hall–Kier alpha value is -0.960. The fourth-order valence-electron chi connectivity index (χ4n) is 3.52. The monoisotopic (exact) mass is 318 g/mol. The molecule has 0 spiro atoms. The molecule has 0 aromatic heterocycles. The first-order valence-corrected chi connectivity index (χ1v) is 8.33. The number of fused-ring (bicyclic) bond motifs is 1. The first-order chi connectivity index (χ1) is 9.79. The third-order valence-corrected chi connectivity index (χ3v) is 6.24. The van der Waals surface area contributed by atoms with Crippen LogP contribution in [0.5, 0.6) is 0 Å². The maximum Gasteiger partial charge on any atom is 0.332 e. The van der Waals surface area contributed by atoms with Crippen molar-refractivity contribution < 1.29 is 32.0 Å². The fourth-order valence-corrected chi connectivity index (χ4v) is 5.40. The van der Waals surface area contributed by atoms with Crippen LogP contribution >= 0.6 is 0 Å². The average Bonchev–Trinajstić information content (AvgIpc) is 2.99. The largest absolute Gasteiger partial charge is 0.458 e. The highest BCUT2D eigenvalue weighted by atomic mass is 32.2. The zero-order valence-corrected chi connectivity index (χ0v) is 12.4. The summed E-state index contributed by atoms with van der Waals surface area (Å²) in [5.74, 6) is -0.686. The van der Waals surface area contributed by atoms with E-state index in [0.717, 1.165) is 0 Å². The third kappa shape index (κ3) is 2.50. The van der Waals surface area contributed by atoms with Crippen molar-refractivity contribution in [1.29, 1.82) is 0 Å². The Bertz CT molecular complexity index is 569. The van der Waals surface area contributed by atoms with Crippen molar-refractivity contribution in [2.75, 3.05) is 6.61 Å². The second kappa shape index (κ2) is 5.05. The SMILES string of the molecule is C=C(C)C(O)OCC(=O)OC1C2CC3C1OS(=O)(=O)C3C2. The first kappa shape index (κ1) is 15.0. The Morgan fingerprint density at radius 1 is 1.48 bits per heavy atom. The van der Waals surface area contributed by atoms with Gasteiger partial charge >= 0.3 is 5.97 Å². The van der Waals surface area contributed by atoms with Gasteiger partial charge in [0.15, 0.2) is 6.29 Å². The summed E-state index contributed by atoms with van der Waals surface area (Å²) < 4.78 is 38.8. The van der Waals surface area contributed by atoms with Gasteiger partial charge in [-0.2, -0.15) is 8.42 Å². The predicted octanol–water partition coefficient (Wildman–Crippen LogP) is -0.0537. The normalized spacial score (nSPS) is 40.2. The Morgan fingerprint density at radius 3 is 2.86 bits per heavy atom. The van der Waals surface area contributed by atoms with Gasteiger partial charge in [0, 0.05) is 11.8 Å². The van der Waals surface area contributed by atoms with E-state index in [2.05, 4.69) is 6.58 Å². The lowest BCUT2D eigenvalue weighted by Gasteiger charge is -2.25. The van der Waals surface area contributed by atoms with E-state index < -0.39 is 46.4 Å². The summed E-state index contributed by atoms with van der Waals surface area (Å²) in [4.78, 5) is 11.7. The van der Waals surface area contributed by atoms with Gasteiger partial charge in [0.25, 0.3) is 10.1 Å². The van der Waals surface area contributed by atoms with Crippen molar-refractivity contribution in [3.05, 3.63) is 12.2 Å². The number of rotatable bonds is 5. The molecular weight excluding hydrogens is 300 g/mol. The lowest BCUT2D eigenvalue weighted by Crippen LogP contribution is -2.38. The molecule has 2 aliphatic carbocycles. The van der Waals surface area contributed by atoms with Gasteiger partial charge in [-0.3, -0.25) is 4.18 Å². The molecule has 2 saturated carbocycles. The fraction of sp³-hybridized carbons (Fsp3) is 0.769. The van der Waals surface area contributed by atoms with E-state index in [1.165, 1.54) is 0 Å². The van der Waals surface area contributed by atoms with Crippen LogP contribution in [-0.2, 0) is 28.6 Å². The second-order valence-electron chi connectivity index (χ2n) is 5.95. The smallest absolute Gasteiger partial charge is 0.332 e. The molecule has 3 aliphatic rings. The second-order valence-corrected chi connectivity index (χ2v) is 7.74. The molecule has 1 N–H and O–H groups in total. The molecule has 21 heavy (non-hydrogen) atoms. The van der Waals surface area contributed by atoms with Crippen LogP contribution in [0.3, 0.4) is 0 Å². The molecule has 3 fully saturated rings. The Morgan fingerprint density at radius 2 is 2.19 bits per heavy atom. The Labute approximate surface area is 123 Å². The van der Waals surface area contributed by atoms with Crippen molar-refractivity contribution in [2.45, 2.75) is 43.5 Å². The van der Waals surface area contributed by atoms with Gasteiger partial charge in [0.2, 0.25) is 0 Å². The summed E-state index contributed by atoms with van der Waals surface area (Å²) in [6.45, 7) is 4.66. The van der Waals surface area contributed by atoms with E-state index in [1.807, 2.05) is 0 Å². The summed E-state index contributed by atoms with van der Waals surface area (Å²) in [7, 11) is -3.51. The van der Waals surface area contributed by atoms with Crippen LogP contribution in [0, 0.1) is 11.8 Å². The van der Waals surface area contributed by atoms with Gasteiger partial charge in [0.1, 0.15) is 18.8 Å². The van der Waals surface area contributed by atoms with E-state index >= 15 is 0 Å². The molecule has 1 aliphatic heterocycles. The molecule has 6 atom stereocenters. The molecule has 118 valence electrons. The Kier molecular flexibility index (Phi) is 3.59. The van der Waals surface area contributed by atoms with Gasteiger partial charge in [-0.25, -0.2) is 4.79 Å². The maximum absolute atomic E-state index is 11.8. The zero-order chi connectivity index (χ0) is 15.4. The minimum absolute atomic E-state index is 0.0253. The molecule has 0 radical (unpaired) electrons. The Balaban J connectivity index is 1.58. The van der Waals surface area contributed by atoms with Crippen LogP contribution in [0.4, 0.5) is 0 Å². The van der Waals surface area contributed by atoms with Crippen LogP contribution < -0.4 is 0 Å². The summed E-state index contributed by atoms with van der Waals surface area (Å²) in [6.07, 6.45) is -1.13. The minimum Gasteiger partial charge on any atom is -0.458 e. The van der Waals surface area contributed by atoms with Crippen LogP contribution in [0.15, 0.2) is 12.2 Å². The lowest BCUT2D eigenvalue weighted by molar-refractivity contribution is -0.169. The molecule has 7 nitrogen and oxygen atoms in total. The highest BCUT2D eigenvalue weighted by Gasteiger charge is 2.65. The summed E-state index contributed by atoms with van der Waals surface area (Å²) in [6, 6.07) is 0. The molecule has 0 amide bonds.